The van der Waals surface area contributed by atoms with Gasteiger partial charge in [0.25, 0.3) is 0 Å². The molecule has 1 atom stereocenters. The van der Waals surface area contributed by atoms with Crippen molar-refractivity contribution >= 4 is 17.9 Å². The van der Waals surface area contributed by atoms with Crippen molar-refractivity contribution in [2.75, 3.05) is 13.2 Å². The van der Waals surface area contributed by atoms with Crippen LogP contribution < -0.4 is 0 Å². The van der Waals surface area contributed by atoms with Gasteiger partial charge in [0.2, 0.25) is 0 Å². The van der Waals surface area contributed by atoms with Gasteiger partial charge in [-0.1, -0.05) is 295 Å². The number of hydrogen-bond donors (Lipinski definition) is 0. The highest BCUT2D eigenvalue weighted by molar-refractivity contribution is 5.71. The third kappa shape index (κ3) is 60.4. The van der Waals surface area contributed by atoms with Crippen molar-refractivity contribution < 1.29 is 28.6 Å². The number of carbonyl (C=O) groups excluding carboxylic acids is 3. The van der Waals surface area contributed by atoms with Gasteiger partial charge >= 0.3 is 17.9 Å². The fraction of sp³-hybridized carbons (Fsp3) is 0.866. The molecule has 428 valence electrons. The summed E-state index contributed by atoms with van der Waals surface area (Å²) in [5, 5.41) is 0. The molecule has 0 saturated heterocycles. The van der Waals surface area contributed by atoms with Gasteiger partial charge in [0.15, 0.2) is 6.10 Å². The monoisotopic (exact) mass is 1020 g/mol. The summed E-state index contributed by atoms with van der Waals surface area (Å²) >= 11 is 0. The van der Waals surface area contributed by atoms with Gasteiger partial charge in [0.1, 0.15) is 13.2 Å². The minimum Gasteiger partial charge on any atom is -0.462 e. The summed E-state index contributed by atoms with van der Waals surface area (Å²) in [6.45, 7) is 6.64. The lowest BCUT2D eigenvalue weighted by atomic mass is 10.0. The van der Waals surface area contributed by atoms with E-state index in [1.54, 1.807) is 0 Å². The first-order valence-electron chi connectivity index (χ1n) is 32.5. The summed E-state index contributed by atoms with van der Waals surface area (Å²) in [6.07, 6.45) is 76.1. The Balaban J connectivity index is 4.09. The number of esters is 3. The Kier molecular flexibility index (Phi) is 60.2. The second-order valence-corrected chi connectivity index (χ2v) is 22.0. The fourth-order valence-corrected chi connectivity index (χ4v) is 9.71. The largest absolute Gasteiger partial charge is 0.462 e. The van der Waals surface area contributed by atoms with E-state index in [4.69, 9.17) is 14.2 Å². The zero-order chi connectivity index (χ0) is 52.9. The molecule has 0 rings (SSSR count). The SMILES string of the molecule is CCCCCCC/C=C\C/C=C\CCCCCCCCCCCCCCCC(=O)OCC(COC(=O)CCCCCCCCC)OC(=O)CCCCCCCCCCCCC/C=C\CCCCCCCCCC. The molecule has 0 fully saturated rings. The summed E-state index contributed by atoms with van der Waals surface area (Å²) in [7, 11) is 0. The van der Waals surface area contributed by atoms with Crippen LogP contribution in [0.4, 0.5) is 0 Å². The van der Waals surface area contributed by atoms with Crippen molar-refractivity contribution in [3.63, 3.8) is 0 Å². The van der Waals surface area contributed by atoms with Gasteiger partial charge in [-0.15, -0.1) is 0 Å². The summed E-state index contributed by atoms with van der Waals surface area (Å²) in [4.78, 5) is 38.1. The van der Waals surface area contributed by atoms with Crippen molar-refractivity contribution in [1.82, 2.24) is 0 Å². The Bertz CT molecular complexity index is 1220. The second kappa shape index (κ2) is 62.2. The van der Waals surface area contributed by atoms with E-state index in [2.05, 4.69) is 57.2 Å². The quantitative estimate of drug-likeness (QED) is 0.0261. The molecule has 1 unspecified atom stereocenters. The van der Waals surface area contributed by atoms with Crippen LogP contribution in [0.15, 0.2) is 36.5 Å². The Morgan fingerprint density at radius 3 is 0.767 bits per heavy atom. The maximum absolute atomic E-state index is 12.9. The normalized spacial score (nSPS) is 12.2. The van der Waals surface area contributed by atoms with Gasteiger partial charge in [-0.25, -0.2) is 0 Å². The molecule has 0 heterocycles. The van der Waals surface area contributed by atoms with E-state index in [0.29, 0.717) is 19.3 Å². The first kappa shape index (κ1) is 70.6. The van der Waals surface area contributed by atoms with Crippen molar-refractivity contribution in [2.45, 2.75) is 361 Å². The van der Waals surface area contributed by atoms with E-state index in [0.717, 1.165) is 64.2 Å². The van der Waals surface area contributed by atoms with Gasteiger partial charge in [0.05, 0.1) is 0 Å². The van der Waals surface area contributed by atoms with Crippen LogP contribution >= 0.6 is 0 Å². The van der Waals surface area contributed by atoms with E-state index < -0.39 is 6.10 Å². The maximum atomic E-state index is 12.9. The molecule has 0 aliphatic carbocycles. The van der Waals surface area contributed by atoms with Crippen LogP contribution in [0.5, 0.6) is 0 Å². The molecule has 0 N–H and O–H groups in total. The van der Waals surface area contributed by atoms with Crippen LogP contribution in [0.3, 0.4) is 0 Å². The first-order valence-corrected chi connectivity index (χ1v) is 32.5. The number of unbranched alkanes of at least 4 members (excludes halogenated alkanes) is 43. The molecule has 0 aliphatic rings. The third-order valence-electron chi connectivity index (χ3n) is 14.6. The van der Waals surface area contributed by atoms with E-state index in [1.807, 2.05) is 0 Å². The van der Waals surface area contributed by atoms with Crippen molar-refractivity contribution in [3.05, 3.63) is 36.5 Å². The molecule has 0 aromatic carbocycles. The van der Waals surface area contributed by atoms with Gasteiger partial charge in [-0.05, 0) is 77.0 Å². The Morgan fingerprint density at radius 2 is 0.493 bits per heavy atom. The summed E-state index contributed by atoms with van der Waals surface area (Å²) in [5.41, 5.74) is 0. The Hall–Kier alpha value is -2.37. The molecular formula is C67H124O6. The van der Waals surface area contributed by atoms with Gasteiger partial charge in [-0.2, -0.15) is 0 Å². The topological polar surface area (TPSA) is 78.9 Å². The molecule has 73 heavy (non-hydrogen) atoms. The van der Waals surface area contributed by atoms with Crippen LogP contribution in [-0.4, -0.2) is 37.2 Å². The first-order chi connectivity index (χ1) is 36.0. The average Bonchev–Trinajstić information content (AvgIpc) is 3.39. The summed E-state index contributed by atoms with van der Waals surface area (Å²) < 4.78 is 16.9. The molecule has 0 amide bonds. The maximum Gasteiger partial charge on any atom is 0.306 e. The van der Waals surface area contributed by atoms with Crippen LogP contribution in [0.2, 0.25) is 0 Å². The van der Waals surface area contributed by atoms with E-state index in [-0.39, 0.29) is 31.1 Å². The standard InChI is InChI=1S/C67H124O6/c1-4-7-10-13-16-18-20-22-24-26-28-30-32-33-35-36-38-40-42-44-46-48-51-54-57-60-66(69)72-63-64(62-71-65(68)59-56-53-50-15-12-9-6-3)73-67(70)61-58-55-52-49-47-45-43-41-39-37-34-31-29-27-25-23-21-19-17-14-11-8-5-2/h20,22,26-29,64H,4-19,21,23-25,30-63H2,1-3H3/b22-20-,28-26-,29-27-. The van der Waals surface area contributed by atoms with Crippen molar-refractivity contribution in [3.8, 4) is 0 Å². The van der Waals surface area contributed by atoms with Crippen LogP contribution in [-0.2, 0) is 28.6 Å². The molecule has 0 aliphatic heterocycles. The number of allylic oxidation sites excluding steroid dienone is 6. The number of carbonyl (C=O) groups is 3. The molecule has 0 radical (unpaired) electrons. The van der Waals surface area contributed by atoms with E-state index in [9.17, 15) is 14.4 Å². The molecule has 0 aromatic heterocycles. The van der Waals surface area contributed by atoms with E-state index in [1.165, 1.54) is 250 Å². The summed E-state index contributed by atoms with van der Waals surface area (Å²) in [5.74, 6) is -0.856. The fourth-order valence-electron chi connectivity index (χ4n) is 9.71. The minimum absolute atomic E-state index is 0.0689. The smallest absolute Gasteiger partial charge is 0.306 e. The highest BCUT2D eigenvalue weighted by Gasteiger charge is 2.19. The molecule has 6 nitrogen and oxygen atoms in total. The third-order valence-corrected chi connectivity index (χ3v) is 14.6. The van der Waals surface area contributed by atoms with Crippen LogP contribution in [0.25, 0.3) is 0 Å². The lowest BCUT2D eigenvalue weighted by molar-refractivity contribution is -0.167. The molecule has 0 spiro atoms. The van der Waals surface area contributed by atoms with Crippen molar-refractivity contribution in [2.24, 2.45) is 0 Å². The number of rotatable bonds is 60. The molecular weight excluding hydrogens is 901 g/mol. The number of hydrogen-bond acceptors (Lipinski definition) is 6. The van der Waals surface area contributed by atoms with Crippen LogP contribution in [0.1, 0.15) is 355 Å². The van der Waals surface area contributed by atoms with Crippen molar-refractivity contribution in [1.29, 1.82) is 0 Å². The minimum atomic E-state index is -0.769. The van der Waals surface area contributed by atoms with Gasteiger partial charge in [0, 0.05) is 19.3 Å². The van der Waals surface area contributed by atoms with E-state index >= 15 is 0 Å². The lowest BCUT2D eigenvalue weighted by Crippen LogP contribution is -2.30. The molecule has 0 saturated carbocycles. The number of ether oxygens (including phenoxy) is 3. The average molecular weight is 1030 g/mol. The summed E-state index contributed by atoms with van der Waals surface area (Å²) in [6, 6.07) is 0. The Labute approximate surface area is 455 Å². The Morgan fingerprint density at radius 1 is 0.274 bits per heavy atom. The molecule has 0 bridgehead atoms. The van der Waals surface area contributed by atoms with Gasteiger partial charge < -0.3 is 14.2 Å². The molecule has 0 aromatic rings. The zero-order valence-electron chi connectivity index (χ0n) is 49.2. The zero-order valence-corrected chi connectivity index (χ0v) is 49.2. The second-order valence-electron chi connectivity index (χ2n) is 22.0. The lowest BCUT2D eigenvalue weighted by Gasteiger charge is -2.18. The van der Waals surface area contributed by atoms with Crippen LogP contribution in [0, 0.1) is 0 Å². The predicted octanol–water partition coefficient (Wildman–Crippen LogP) is 22.0. The highest BCUT2D eigenvalue weighted by atomic mass is 16.6. The predicted molar refractivity (Wildman–Crippen MR) is 316 cm³/mol. The van der Waals surface area contributed by atoms with Gasteiger partial charge in [-0.3, -0.25) is 14.4 Å². The highest BCUT2D eigenvalue weighted by Crippen LogP contribution is 2.17. The molecule has 6 heteroatoms.